The number of benzene rings is 2. The first-order chi connectivity index (χ1) is 18.1. The molecular formula is C28H37N3O6S. The Kier molecular flexibility index (Phi) is 8.81. The van der Waals surface area contributed by atoms with E-state index in [1.807, 2.05) is 31.2 Å². The van der Waals surface area contributed by atoms with Crippen molar-refractivity contribution in [2.45, 2.75) is 64.6 Å². The molecule has 1 aliphatic heterocycles. The van der Waals surface area contributed by atoms with Gasteiger partial charge in [-0.15, -0.1) is 0 Å². The van der Waals surface area contributed by atoms with Crippen LogP contribution in [0.1, 0.15) is 50.2 Å². The smallest absolute Gasteiger partial charge is 0.244 e. The van der Waals surface area contributed by atoms with Gasteiger partial charge in [0.2, 0.25) is 21.8 Å². The second-order valence-corrected chi connectivity index (χ2v) is 12.0. The number of hydrogen-bond donors (Lipinski definition) is 1. The average molecular weight is 544 g/mol. The minimum absolute atomic E-state index is 0.0966. The number of amides is 2. The molecule has 38 heavy (non-hydrogen) atoms. The Morgan fingerprint density at radius 3 is 2.39 bits per heavy atom. The van der Waals surface area contributed by atoms with Crippen LogP contribution in [0.2, 0.25) is 0 Å². The van der Waals surface area contributed by atoms with E-state index in [0.29, 0.717) is 30.4 Å². The molecule has 9 nitrogen and oxygen atoms in total. The van der Waals surface area contributed by atoms with Gasteiger partial charge >= 0.3 is 0 Å². The molecule has 2 amide bonds. The van der Waals surface area contributed by atoms with Crippen LogP contribution in [0.5, 0.6) is 11.5 Å². The summed E-state index contributed by atoms with van der Waals surface area (Å²) in [5, 5.41) is 3.11. The lowest BCUT2D eigenvalue weighted by molar-refractivity contribution is -0.139. The summed E-state index contributed by atoms with van der Waals surface area (Å²) in [6, 6.07) is 11.8. The van der Waals surface area contributed by atoms with Crippen LogP contribution >= 0.6 is 0 Å². The molecule has 1 fully saturated rings. The lowest BCUT2D eigenvalue weighted by Gasteiger charge is -2.33. The molecule has 0 radical (unpaired) electrons. The summed E-state index contributed by atoms with van der Waals surface area (Å²) in [5.41, 5.74) is 2.17. The van der Waals surface area contributed by atoms with Crippen molar-refractivity contribution in [3.05, 3.63) is 53.6 Å². The summed E-state index contributed by atoms with van der Waals surface area (Å²) in [6.07, 6.45) is 6.23. The summed E-state index contributed by atoms with van der Waals surface area (Å²) in [6.45, 7) is 4.14. The van der Waals surface area contributed by atoms with Crippen molar-refractivity contribution in [1.82, 2.24) is 10.2 Å². The molecule has 4 rings (SSSR count). The normalized spacial score (nSPS) is 16.4. The Bertz CT molecular complexity index is 1260. The van der Waals surface area contributed by atoms with Crippen LogP contribution < -0.4 is 19.1 Å². The number of sulfonamides is 1. The van der Waals surface area contributed by atoms with Gasteiger partial charge in [0.1, 0.15) is 25.8 Å². The number of fused-ring (bicyclic) bond motifs is 1. The van der Waals surface area contributed by atoms with Crippen LogP contribution in [0.15, 0.2) is 42.5 Å². The number of rotatable bonds is 9. The summed E-state index contributed by atoms with van der Waals surface area (Å²) < 4.78 is 37.9. The topological polar surface area (TPSA) is 105 Å². The number of anilines is 1. The largest absolute Gasteiger partial charge is 0.486 e. The summed E-state index contributed by atoms with van der Waals surface area (Å²) in [5.74, 6) is 0.240. The van der Waals surface area contributed by atoms with E-state index < -0.39 is 28.5 Å². The molecule has 0 spiro atoms. The number of aryl methyl sites for hydroxylation is 1. The van der Waals surface area contributed by atoms with Gasteiger partial charge in [-0.25, -0.2) is 8.42 Å². The molecule has 2 aromatic rings. The summed E-state index contributed by atoms with van der Waals surface area (Å²) >= 11 is 0. The SMILES string of the molecule is Cc1ccccc1CN(C(=O)CN(c1ccc2c(c1)OCCO2)S(C)(=O)=O)[C@@H](C)C(=O)NC1CCCCC1. The molecule has 0 aromatic heterocycles. The van der Waals surface area contributed by atoms with Gasteiger partial charge in [0, 0.05) is 18.7 Å². The molecule has 10 heteroatoms. The zero-order valence-electron chi connectivity index (χ0n) is 22.3. The summed E-state index contributed by atoms with van der Waals surface area (Å²) in [7, 11) is -3.83. The van der Waals surface area contributed by atoms with Crippen LogP contribution in [0.3, 0.4) is 0 Å². The Morgan fingerprint density at radius 1 is 1.03 bits per heavy atom. The Hall–Kier alpha value is -3.27. The molecule has 1 aliphatic carbocycles. The van der Waals surface area contributed by atoms with E-state index in [2.05, 4.69) is 5.32 Å². The minimum atomic E-state index is -3.83. The van der Waals surface area contributed by atoms with E-state index in [9.17, 15) is 18.0 Å². The van der Waals surface area contributed by atoms with Crippen molar-refractivity contribution in [3.63, 3.8) is 0 Å². The Labute approximate surface area is 225 Å². The number of nitrogens with one attached hydrogen (secondary N) is 1. The first kappa shape index (κ1) is 27.8. The lowest BCUT2D eigenvalue weighted by Crippen LogP contribution is -2.53. The number of carbonyl (C=O) groups excluding carboxylic acids is 2. The molecule has 1 atom stereocenters. The second kappa shape index (κ2) is 12.1. The van der Waals surface area contributed by atoms with Gasteiger partial charge in [0.05, 0.1) is 11.9 Å². The Balaban J connectivity index is 1.60. The van der Waals surface area contributed by atoms with Gasteiger partial charge in [0.15, 0.2) is 11.5 Å². The highest BCUT2D eigenvalue weighted by atomic mass is 32.2. The van der Waals surface area contributed by atoms with Crippen molar-refractivity contribution in [2.75, 3.05) is 30.3 Å². The molecule has 0 bridgehead atoms. The standard InChI is InChI=1S/C28H37N3O6S/c1-20-9-7-8-10-22(20)18-30(21(2)28(33)29-23-11-5-4-6-12-23)27(32)19-31(38(3,34)35)24-13-14-25-26(17-24)37-16-15-36-25/h7-10,13-14,17,21,23H,4-6,11-12,15-16,18-19H2,1-3H3,(H,29,33)/t21-/m0/s1. The van der Waals surface area contributed by atoms with Crippen LogP contribution in [-0.2, 0) is 26.2 Å². The minimum Gasteiger partial charge on any atom is -0.486 e. The highest BCUT2D eigenvalue weighted by Gasteiger charge is 2.32. The molecule has 0 unspecified atom stereocenters. The fraction of sp³-hybridized carbons (Fsp3) is 0.500. The quantitative estimate of drug-likeness (QED) is 0.520. The average Bonchev–Trinajstić information content (AvgIpc) is 2.90. The van der Waals surface area contributed by atoms with Crippen LogP contribution in [0, 0.1) is 6.92 Å². The van der Waals surface area contributed by atoms with Crippen LogP contribution in [0.4, 0.5) is 5.69 Å². The molecule has 1 heterocycles. The van der Waals surface area contributed by atoms with E-state index in [0.717, 1.165) is 47.4 Å². The predicted molar refractivity (Wildman–Crippen MR) is 146 cm³/mol. The van der Waals surface area contributed by atoms with Gasteiger partial charge < -0.3 is 19.7 Å². The van der Waals surface area contributed by atoms with E-state index >= 15 is 0 Å². The zero-order chi connectivity index (χ0) is 27.3. The van der Waals surface area contributed by atoms with Gasteiger partial charge in [-0.1, -0.05) is 43.5 Å². The van der Waals surface area contributed by atoms with E-state index in [1.54, 1.807) is 25.1 Å². The fourth-order valence-corrected chi connectivity index (χ4v) is 5.76. The molecule has 1 saturated carbocycles. The predicted octanol–water partition coefficient (Wildman–Crippen LogP) is 3.40. The van der Waals surface area contributed by atoms with Crippen molar-refractivity contribution in [2.24, 2.45) is 0 Å². The molecule has 2 aliphatic rings. The first-order valence-corrected chi connectivity index (χ1v) is 15.0. The molecule has 1 N–H and O–H groups in total. The molecule has 2 aromatic carbocycles. The van der Waals surface area contributed by atoms with Crippen molar-refractivity contribution in [3.8, 4) is 11.5 Å². The third-order valence-corrected chi connectivity index (χ3v) is 8.35. The Morgan fingerprint density at radius 2 is 1.71 bits per heavy atom. The monoisotopic (exact) mass is 543 g/mol. The van der Waals surface area contributed by atoms with E-state index in [4.69, 9.17) is 9.47 Å². The van der Waals surface area contributed by atoms with Crippen molar-refractivity contribution < 1.29 is 27.5 Å². The van der Waals surface area contributed by atoms with E-state index in [-0.39, 0.29) is 18.5 Å². The molecular weight excluding hydrogens is 506 g/mol. The third-order valence-electron chi connectivity index (χ3n) is 7.21. The third kappa shape index (κ3) is 6.78. The van der Waals surface area contributed by atoms with Gasteiger partial charge in [-0.2, -0.15) is 0 Å². The van der Waals surface area contributed by atoms with Crippen molar-refractivity contribution >= 4 is 27.5 Å². The molecule has 206 valence electrons. The van der Waals surface area contributed by atoms with Crippen LogP contribution in [0.25, 0.3) is 0 Å². The fourth-order valence-electron chi connectivity index (χ4n) is 4.92. The maximum atomic E-state index is 13.8. The maximum Gasteiger partial charge on any atom is 0.244 e. The number of carbonyl (C=O) groups is 2. The van der Waals surface area contributed by atoms with Crippen LogP contribution in [-0.4, -0.2) is 63.2 Å². The number of hydrogen-bond acceptors (Lipinski definition) is 6. The van der Waals surface area contributed by atoms with Gasteiger partial charge in [-0.05, 0) is 49.9 Å². The highest BCUT2D eigenvalue weighted by Crippen LogP contribution is 2.34. The highest BCUT2D eigenvalue weighted by molar-refractivity contribution is 7.92. The van der Waals surface area contributed by atoms with Gasteiger partial charge in [0.25, 0.3) is 0 Å². The zero-order valence-corrected chi connectivity index (χ0v) is 23.1. The first-order valence-electron chi connectivity index (χ1n) is 13.1. The lowest BCUT2D eigenvalue weighted by atomic mass is 9.95. The number of ether oxygens (including phenoxy) is 2. The molecule has 0 saturated heterocycles. The second-order valence-electron chi connectivity index (χ2n) is 10.1. The summed E-state index contributed by atoms with van der Waals surface area (Å²) in [4.78, 5) is 28.5. The van der Waals surface area contributed by atoms with E-state index in [1.165, 1.54) is 11.3 Å². The van der Waals surface area contributed by atoms with Crippen molar-refractivity contribution in [1.29, 1.82) is 0 Å². The van der Waals surface area contributed by atoms with Gasteiger partial charge in [-0.3, -0.25) is 13.9 Å². The number of nitrogens with zero attached hydrogens (tertiary/aromatic N) is 2. The maximum absolute atomic E-state index is 13.8.